The number of morpholine rings is 1. The lowest BCUT2D eigenvalue weighted by molar-refractivity contribution is -0.154. The van der Waals surface area contributed by atoms with Crippen molar-refractivity contribution >= 4 is 6.47 Å². The van der Waals surface area contributed by atoms with Crippen molar-refractivity contribution in [1.29, 1.82) is 0 Å². The average molecular weight is 146 g/mol. The van der Waals surface area contributed by atoms with Crippen molar-refractivity contribution in [3.05, 3.63) is 0 Å². The molecule has 5 heteroatoms. The molecule has 0 aromatic carbocycles. The van der Waals surface area contributed by atoms with Crippen LogP contribution in [0.3, 0.4) is 0 Å². The lowest BCUT2D eigenvalue weighted by Crippen LogP contribution is -2.45. The van der Waals surface area contributed by atoms with Gasteiger partial charge in [-0.05, 0) is 0 Å². The van der Waals surface area contributed by atoms with Gasteiger partial charge in [-0.1, -0.05) is 5.59 Å². The molecule has 0 atom stereocenters. The van der Waals surface area contributed by atoms with Crippen molar-refractivity contribution in [2.75, 3.05) is 26.3 Å². The highest BCUT2D eigenvalue weighted by molar-refractivity contribution is 5.36. The quantitative estimate of drug-likeness (QED) is 0.405. The molecule has 0 aromatic heterocycles. The van der Waals surface area contributed by atoms with E-state index < -0.39 is 0 Å². The van der Waals surface area contributed by atoms with E-state index in [9.17, 15) is 4.79 Å². The summed E-state index contributed by atoms with van der Waals surface area (Å²) in [6.07, 6.45) is 0. The van der Waals surface area contributed by atoms with E-state index >= 15 is 0 Å². The van der Waals surface area contributed by atoms with Crippen LogP contribution in [-0.4, -0.2) is 37.8 Å². The Morgan fingerprint density at radius 3 is 2.80 bits per heavy atom. The first-order valence-corrected chi connectivity index (χ1v) is 3.11. The van der Waals surface area contributed by atoms with Crippen LogP contribution in [0.25, 0.3) is 0 Å². The third kappa shape index (κ3) is 2.30. The van der Waals surface area contributed by atoms with Gasteiger partial charge in [0.1, 0.15) is 0 Å². The highest BCUT2D eigenvalue weighted by Gasteiger charge is 2.08. The number of carbonyl (C=O) groups is 1. The molecule has 1 heterocycles. The molecule has 58 valence electrons. The van der Waals surface area contributed by atoms with Crippen molar-refractivity contribution in [3.8, 4) is 0 Å². The predicted octanol–water partition coefficient (Wildman–Crippen LogP) is -1.09. The zero-order valence-electron chi connectivity index (χ0n) is 5.58. The molecule has 1 aliphatic heterocycles. The van der Waals surface area contributed by atoms with Crippen LogP contribution in [0, 0.1) is 0 Å². The first-order valence-electron chi connectivity index (χ1n) is 3.11. The highest BCUT2D eigenvalue weighted by atomic mass is 16.7. The fourth-order valence-electron chi connectivity index (χ4n) is 0.751. The molecular weight excluding hydrogens is 136 g/mol. The monoisotopic (exact) mass is 146 g/mol. The topological polar surface area (TPSA) is 50.8 Å². The number of nitrogens with one attached hydrogen (secondary N) is 1. The summed E-state index contributed by atoms with van der Waals surface area (Å²) in [5, 5.41) is 1.78. The van der Waals surface area contributed by atoms with Gasteiger partial charge in [0, 0.05) is 13.1 Å². The summed E-state index contributed by atoms with van der Waals surface area (Å²) in [5.41, 5.74) is 2.46. The van der Waals surface area contributed by atoms with E-state index in [4.69, 9.17) is 4.74 Å². The Morgan fingerprint density at radius 2 is 2.20 bits per heavy atom. The zero-order valence-corrected chi connectivity index (χ0v) is 5.58. The van der Waals surface area contributed by atoms with Gasteiger partial charge in [-0.25, -0.2) is 5.01 Å². The van der Waals surface area contributed by atoms with Crippen LogP contribution in [0.2, 0.25) is 0 Å². The SMILES string of the molecule is O=CONN1CCOCC1. The van der Waals surface area contributed by atoms with Crippen LogP contribution < -0.4 is 5.59 Å². The van der Waals surface area contributed by atoms with Gasteiger partial charge in [0.2, 0.25) is 0 Å². The number of rotatable bonds is 3. The van der Waals surface area contributed by atoms with Crippen LogP contribution in [0.4, 0.5) is 0 Å². The fraction of sp³-hybridized carbons (Fsp3) is 0.800. The van der Waals surface area contributed by atoms with E-state index in [1.54, 1.807) is 5.01 Å². The molecule has 1 aliphatic rings. The lowest BCUT2D eigenvalue weighted by atomic mass is 10.5. The Labute approximate surface area is 58.8 Å². The summed E-state index contributed by atoms with van der Waals surface area (Å²) in [6, 6.07) is 0. The summed E-state index contributed by atoms with van der Waals surface area (Å²) >= 11 is 0. The molecule has 10 heavy (non-hydrogen) atoms. The van der Waals surface area contributed by atoms with Crippen molar-refractivity contribution in [2.24, 2.45) is 0 Å². The van der Waals surface area contributed by atoms with Gasteiger partial charge in [0.25, 0.3) is 0 Å². The second-order valence-electron chi connectivity index (χ2n) is 1.90. The van der Waals surface area contributed by atoms with Crippen molar-refractivity contribution < 1.29 is 14.4 Å². The Morgan fingerprint density at radius 1 is 1.50 bits per heavy atom. The minimum Gasteiger partial charge on any atom is -0.379 e. The van der Waals surface area contributed by atoms with Gasteiger partial charge in [-0.2, -0.15) is 0 Å². The van der Waals surface area contributed by atoms with Crippen molar-refractivity contribution in [3.63, 3.8) is 0 Å². The third-order valence-electron chi connectivity index (χ3n) is 1.24. The minimum absolute atomic E-state index is 0.357. The molecule has 1 saturated heterocycles. The normalized spacial score (nSPS) is 20.4. The Bertz CT molecular complexity index is 103. The smallest absolute Gasteiger partial charge is 0.314 e. The zero-order chi connectivity index (χ0) is 7.23. The first-order chi connectivity index (χ1) is 4.93. The Kier molecular flexibility index (Phi) is 3.14. The molecule has 0 saturated carbocycles. The molecule has 0 amide bonds. The lowest BCUT2D eigenvalue weighted by Gasteiger charge is -2.24. The van der Waals surface area contributed by atoms with Crippen molar-refractivity contribution in [1.82, 2.24) is 10.6 Å². The summed E-state index contributed by atoms with van der Waals surface area (Å²) in [7, 11) is 0. The standard InChI is InChI=1S/C5H10N2O3/c8-5-10-6-7-1-3-9-4-2-7/h5-6H,1-4H2. The molecule has 0 radical (unpaired) electrons. The second kappa shape index (κ2) is 4.21. The maximum absolute atomic E-state index is 9.70. The van der Waals surface area contributed by atoms with E-state index in [0.29, 0.717) is 19.7 Å². The van der Waals surface area contributed by atoms with Gasteiger partial charge in [-0.15, -0.1) is 0 Å². The van der Waals surface area contributed by atoms with E-state index in [1.807, 2.05) is 0 Å². The number of hydrogen-bond donors (Lipinski definition) is 1. The van der Waals surface area contributed by atoms with Crippen LogP contribution in [-0.2, 0) is 14.4 Å². The Hall–Kier alpha value is -0.650. The molecule has 1 N–H and O–H groups in total. The summed E-state index contributed by atoms with van der Waals surface area (Å²) in [6.45, 7) is 3.20. The molecule has 0 bridgehead atoms. The second-order valence-corrected chi connectivity index (χ2v) is 1.90. The molecule has 1 fully saturated rings. The van der Waals surface area contributed by atoms with Gasteiger partial charge < -0.3 is 9.57 Å². The van der Waals surface area contributed by atoms with Crippen LogP contribution in [0.1, 0.15) is 0 Å². The van der Waals surface area contributed by atoms with Crippen LogP contribution >= 0.6 is 0 Å². The summed E-state index contributed by atoms with van der Waals surface area (Å²) < 4.78 is 5.05. The maximum atomic E-state index is 9.70. The summed E-state index contributed by atoms with van der Waals surface area (Å²) in [4.78, 5) is 14.0. The number of ether oxygens (including phenoxy) is 1. The fourth-order valence-corrected chi connectivity index (χ4v) is 0.751. The Balaban J connectivity index is 2.07. The van der Waals surface area contributed by atoms with E-state index in [2.05, 4.69) is 10.4 Å². The van der Waals surface area contributed by atoms with E-state index in [0.717, 1.165) is 13.1 Å². The first kappa shape index (κ1) is 7.46. The van der Waals surface area contributed by atoms with Crippen molar-refractivity contribution in [2.45, 2.75) is 0 Å². The van der Waals surface area contributed by atoms with Gasteiger partial charge in [0.15, 0.2) is 0 Å². The number of nitrogens with zero attached hydrogens (tertiary/aromatic N) is 1. The number of hydrazine groups is 1. The average Bonchev–Trinajstić information content (AvgIpc) is 2.03. The molecule has 0 spiro atoms. The number of carbonyl (C=O) groups excluding carboxylic acids is 1. The highest BCUT2D eigenvalue weighted by Crippen LogP contribution is 1.90. The molecule has 5 nitrogen and oxygen atoms in total. The van der Waals surface area contributed by atoms with Crippen LogP contribution in [0.5, 0.6) is 0 Å². The predicted molar refractivity (Wildman–Crippen MR) is 32.7 cm³/mol. The van der Waals surface area contributed by atoms with Gasteiger partial charge in [-0.3, -0.25) is 4.79 Å². The molecule has 0 aromatic rings. The number of hydrogen-bond acceptors (Lipinski definition) is 5. The van der Waals surface area contributed by atoms with Gasteiger partial charge in [0.05, 0.1) is 13.2 Å². The van der Waals surface area contributed by atoms with E-state index in [-0.39, 0.29) is 0 Å². The molecular formula is C5H10N2O3. The van der Waals surface area contributed by atoms with E-state index in [1.165, 1.54) is 0 Å². The molecule has 1 rings (SSSR count). The molecule has 0 unspecified atom stereocenters. The van der Waals surface area contributed by atoms with Gasteiger partial charge >= 0.3 is 6.47 Å². The maximum Gasteiger partial charge on any atom is 0.314 e. The largest absolute Gasteiger partial charge is 0.379 e. The summed E-state index contributed by atoms with van der Waals surface area (Å²) in [5.74, 6) is 0. The molecule has 0 aliphatic carbocycles. The third-order valence-corrected chi connectivity index (χ3v) is 1.24. The minimum atomic E-state index is 0.357. The van der Waals surface area contributed by atoms with Crippen LogP contribution in [0.15, 0.2) is 0 Å².